The van der Waals surface area contributed by atoms with E-state index in [0.717, 1.165) is 16.0 Å². The first-order valence-corrected chi connectivity index (χ1v) is 9.79. The quantitative estimate of drug-likeness (QED) is 0.574. The van der Waals surface area contributed by atoms with Crippen molar-refractivity contribution in [3.05, 3.63) is 93.1 Å². The van der Waals surface area contributed by atoms with E-state index in [1.165, 1.54) is 11.3 Å². The molecule has 0 spiro atoms. The lowest BCUT2D eigenvalue weighted by atomic mass is 9.99. The average Bonchev–Trinajstić information content (AvgIpc) is 3.14. The van der Waals surface area contributed by atoms with Gasteiger partial charge in [0.1, 0.15) is 6.10 Å². The van der Waals surface area contributed by atoms with E-state index in [1.54, 1.807) is 7.11 Å². The molecule has 0 bridgehead atoms. The number of hydrogen-bond acceptors (Lipinski definition) is 3. The fourth-order valence-corrected chi connectivity index (χ4v) is 3.96. The number of hydrogen-bond donors (Lipinski definition) is 2. The minimum atomic E-state index is -0.252. The number of rotatable bonds is 7. The van der Waals surface area contributed by atoms with Crippen LogP contribution in [-0.2, 0) is 4.74 Å². The number of ether oxygens (including phenoxy) is 1. The SMILES string of the molecule is CO[C@@H](CNC(=O)NC(c1ccccc1)c1ccccc1)c1ccc(Cl)s1. The Morgan fingerprint density at radius 3 is 2.07 bits per heavy atom. The highest BCUT2D eigenvalue weighted by atomic mass is 35.5. The first-order chi connectivity index (χ1) is 13.2. The van der Waals surface area contributed by atoms with Crippen molar-refractivity contribution in [2.24, 2.45) is 0 Å². The summed E-state index contributed by atoms with van der Waals surface area (Å²) >= 11 is 7.44. The number of urea groups is 1. The van der Waals surface area contributed by atoms with Crippen molar-refractivity contribution in [1.82, 2.24) is 10.6 Å². The lowest BCUT2D eigenvalue weighted by Gasteiger charge is -2.21. The molecule has 0 fully saturated rings. The molecule has 1 aromatic heterocycles. The van der Waals surface area contributed by atoms with E-state index in [-0.39, 0.29) is 18.2 Å². The average molecular weight is 401 g/mol. The third-order valence-corrected chi connectivity index (χ3v) is 5.51. The van der Waals surface area contributed by atoms with Gasteiger partial charge in [-0.3, -0.25) is 0 Å². The predicted molar refractivity (Wildman–Crippen MR) is 110 cm³/mol. The standard InChI is InChI=1S/C21H21ClN2O2S/c1-26-17(18-12-13-19(22)27-18)14-23-21(25)24-20(15-8-4-2-5-9-15)16-10-6-3-7-11-16/h2-13,17,20H,14H2,1H3,(H2,23,24,25)/t17-/m0/s1. The summed E-state index contributed by atoms with van der Waals surface area (Å²) in [6, 6.07) is 23.0. The Morgan fingerprint density at radius 2 is 1.59 bits per heavy atom. The van der Waals surface area contributed by atoms with Gasteiger partial charge in [-0.25, -0.2) is 4.79 Å². The minimum absolute atomic E-state index is 0.232. The summed E-state index contributed by atoms with van der Waals surface area (Å²) in [5.74, 6) is 0. The number of benzene rings is 2. The van der Waals surface area contributed by atoms with Crippen molar-refractivity contribution in [3.8, 4) is 0 Å². The van der Waals surface area contributed by atoms with Crippen molar-refractivity contribution in [2.45, 2.75) is 12.1 Å². The van der Waals surface area contributed by atoms with Crippen LogP contribution in [0.1, 0.15) is 28.1 Å². The van der Waals surface area contributed by atoms with Gasteiger partial charge in [-0.2, -0.15) is 0 Å². The molecule has 3 aromatic rings. The van der Waals surface area contributed by atoms with Crippen molar-refractivity contribution in [2.75, 3.05) is 13.7 Å². The van der Waals surface area contributed by atoms with Crippen LogP contribution in [0, 0.1) is 0 Å². The Kier molecular flexibility index (Phi) is 6.87. The Labute approximate surface area is 168 Å². The lowest BCUT2D eigenvalue weighted by molar-refractivity contribution is 0.106. The molecule has 0 saturated heterocycles. The van der Waals surface area contributed by atoms with Gasteiger partial charge in [0, 0.05) is 12.0 Å². The zero-order chi connectivity index (χ0) is 19.1. The molecule has 1 heterocycles. The van der Waals surface area contributed by atoms with Crippen LogP contribution in [0.5, 0.6) is 0 Å². The van der Waals surface area contributed by atoms with Gasteiger partial charge in [0.2, 0.25) is 0 Å². The van der Waals surface area contributed by atoms with Gasteiger partial charge >= 0.3 is 6.03 Å². The molecule has 1 atom stereocenters. The Hall–Kier alpha value is -2.34. The fraction of sp³-hybridized carbons (Fsp3) is 0.190. The maximum Gasteiger partial charge on any atom is 0.315 e. The number of carbonyl (C=O) groups excluding carboxylic acids is 1. The maximum atomic E-state index is 12.6. The molecule has 2 aromatic carbocycles. The van der Waals surface area contributed by atoms with Gasteiger partial charge in [-0.05, 0) is 23.3 Å². The van der Waals surface area contributed by atoms with Gasteiger partial charge in [0.15, 0.2) is 0 Å². The second-order valence-electron chi connectivity index (χ2n) is 5.97. The van der Waals surface area contributed by atoms with Crippen molar-refractivity contribution in [3.63, 3.8) is 0 Å². The molecule has 2 amide bonds. The lowest BCUT2D eigenvalue weighted by Crippen LogP contribution is -2.40. The first kappa shape index (κ1) is 19.4. The predicted octanol–water partition coefficient (Wildman–Crippen LogP) is 5.18. The highest BCUT2D eigenvalue weighted by Crippen LogP contribution is 2.28. The third-order valence-electron chi connectivity index (χ3n) is 4.19. The molecule has 27 heavy (non-hydrogen) atoms. The molecule has 0 unspecified atom stereocenters. The normalized spacial score (nSPS) is 12.0. The summed E-state index contributed by atoms with van der Waals surface area (Å²) in [6.07, 6.45) is -0.236. The van der Waals surface area contributed by atoms with E-state index < -0.39 is 0 Å². The number of halogens is 1. The smallest absolute Gasteiger partial charge is 0.315 e. The van der Waals surface area contributed by atoms with Crippen LogP contribution in [-0.4, -0.2) is 19.7 Å². The van der Waals surface area contributed by atoms with E-state index in [2.05, 4.69) is 10.6 Å². The third kappa shape index (κ3) is 5.32. The van der Waals surface area contributed by atoms with Gasteiger partial charge in [-0.15, -0.1) is 11.3 Å². The van der Waals surface area contributed by atoms with Crippen LogP contribution in [0.25, 0.3) is 0 Å². The molecule has 3 rings (SSSR count). The number of carbonyl (C=O) groups is 1. The Morgan fingerprint density at radius 1 is 1.00 bits per heavy atom. The molecular formula is C21H21ClN2O2S. The highest BCUT2D eigenvalue weighted by Gasteiger charge is 2.18. The molecule has 0 saturated carbocycles. The summed E-state index contributed by atoms with van der Waals surface area (Å²) in [6.45, 7) is 0.357. The Balaban J connectivity index is 1.68. The van der Waals surface area contributed by atoms with Crippen LogP contribution in [0.3, 0.4) is 0 Å². The van der Waals surface area contributed by atoms with Crippen molar-refractivity contribution >= 4 is 29.0 Å². The van der Waals surface area contributed by atoms with Crippen LogP contribution in [0.2, 0.25) is 4.34 Å². The van der Waals surface area contributed by atoms with Gasteiger partial charge in [-0.1, -0.05) is 72.3 Å². The van der Waals surface area contributed by atoms with E-state index >= 15 is 0 Å². The monoisotopic (exact) mass is 400 g/mol. The molecule has 140 valence electrons. The molecule has 6 heteroatoms. The van der Waals surface area contributed by atoms with E-state index in [1.807, 2.05) is 72.8 Å². The fourth-order valence-electron chi connectivity index (χ4n) is 2.82. The van der Waals surface area contributed by atoms with Crippen LogP contribution in [0.15, 0.2) is 72.8 Å². The number of nitrogens with one attached hydrogen (secondary N) is 2. The molecule has 4 nitrogen and oxygen atoms in total. The van der Waals surface area contributed by atoms with Crippen LogP contribution < -0.4 is 10.6 Å². The Bertz CT molecular complexity index is 815. The molecule has 0 aliphatic rings. The topological polar surface area (TPSA) is 50.4 Å². The zero-order valence-corrected chi connectivity index (χ0v) is 16.5. The van der Waals surface area contributed by atoms with Crippen molar-refractivity contribution < 1.29 is 9.53 Å². The maximum absolute atomic E-state index is 12.6. The second-order valence-corrected chi connectivity index (χ2v) is 7.72. The summed E-state index contributed by atoms with van der Waals surface area (Å²) in [4.78, 5) is 13.5. The minimum Gasteiger partial charge on any atom is -0.374 e. The molecule has 2 N–H and O–H groups in total. The summed E-state index contributed by atoms with van der Waals surface area (Å²) in [7, 11) is 1.62. The highest BCUT2D eigenvalue weighted by molar-refractivity contribution is 7.16. The molecule has 0 radical (unpaired) electrons. The number of thiophene rings is 1. The van der Waals surface area contributed by atoms with Crippen LogP contribution in [0.4, 0.5) is 4.79 Å². The molecule has 0 aliphatic carbocycles. The van der Waals surface area contributed by atoms with Gasteiger partial charge in [0.25, 0.3) is 0 Å². The summed E-state index contributed by atoms with van der Waals surface area (Å²) < 4.78 is 6.18. The number of amides is 2. The molecular weight excluding hydrogens is 380 g/mol. The van der Waals surface area contributed by atoms with Crippen LogP contribution >= 0.6 is 22.9 Å². The van der Waals surface area contributed by atoms with Crippen molar-refractivity contribution in [1.29, 1.82) is 0 Å². The van der Waals surface area contributed by atoms with Gasteiger partial charge in [0.05, 0.1) is 16.9 Å². The van der Waals surface area contributed by atoms with E-state index in [4.69, 9.17) is 16.3 Å². The van der Waals surface area contributed by atoms with Gasteiger partial charge < -0.3 is 15.4 Å². The van der Waals surface area contributed by atoms with E-state index in [9.17, 15) is 4.79 Å². The summed E-state index contributed by atoms with van der Waals surface area (Å²) in [5.41, 5.74) is 2.04. The number of methoxy groups -OCH3 is 1. The second kappa shape index (κ2) is 9.55. The first-order valence-electron chi connectivity index (χ1n) is 8.59. The zero-order valence-electron chi connectivity index (χ0n) is 14.9. The largest absolute Gasteiger partial charge is 0.374 e. The summed E-state index contributed by atoms with van der Waals surface area (Å²) in [5, 5.41) is 5.96. The molecule has 0 aliphatic heterocycles. The van der Waals surface area contributed by atoms with E-state index in [0.29, 0.717) is 10.9 Å².